The monoisotopic (exact) mass is 444 g/mol. The highest BCUT2D eigenvalue weighted by Gasteiger charge is 2.53. The predicted octanol–water partition coefficient (Wildman–Crippen LogP) is 4.89. The van der Waals surface area contributed by atoms with Crippen molar-refractivity contribution in [3.05, 3.63) is 82.9 Å². The molecule has 7 heteroatoms. The molecule has 0 amide bonds. The number of esters is 3. The number of hydrogen-bond acceptors (Lipinski definition) is 7. The normalized spacial score (nSPS) is 14.4. The summed E-state index contributed by atoms with van der Waals surface area (Å²) in [6.45, 7) is 3.41. The number of rotatable bonds is 4. The van der Waals surface area contributed by atoms with Gasteiger partial charge < -0.3 is 18.9 Å². The van der Waals surface area contributed by atoms with E-state index >= 15 is 0 Å². The van der Waals surface area contributed by atoms with E-state index in [1.54, 1.807) is 62.4 Å². The van der Waals surface area contributed by atoms with Crippen LogP contribution in [0.1, 0.15) is 53.7 Å². The molecule has 0 unspecified atom stereocenters. The fraction of sp³-hybridized carbons (Fsp3) is 0.192. The van der Waals surface area contributed by atoms with Crippen LogP contribution in [0.2, 0.25) is 0 Å². The van der Waals surface area contributed by atoms with Gasteiger partial charge in [-0.1, -0.05) is 32.0 Å². The van der Waals surface area contributed by atoms with E-state index in [1.807, 2.05) is 12.1 Å². The van der Waals surface area contributed by atoms with Gasteiger partial charge in [0.25, 0.3) is 0 Å². The van der Waals surface area contributed by atoms with Gasteiger partial charge in [-0.3, -0.25) is 9.59 Å². The van der Waals surface area contributed by atoms with Crippen LogP contribution in [0.4, 0.5) is 0 Å². The number of benzene rings is 3. The summed E-state index contributed by atoms with van der Waals surface area (Å²) < 4.78 is 22.9. The molecule has 2 heterocycles. The Morgan fingerprint density at radius 3 is 1.88 bits per heavy atom. The quantitative estimate of drug-likeness (QED) is 0.418. The van der Waals surface area contributed by atoms with Gasteiger partial charge in [0.15, 0.2) is 5.60 Å². The van der Waals surface area contributed by atoms with E-state index < -0.39 is 11.6 Å². The van der Waals surface area contributed by atoms with E-state index in [0.717, 1.165) is 0 Å². The smallest absolute Gasteiger partial charge is 0.340 e. The second kappa shape index (κ2) is 7.78. The summed E-state index contributed by atoms with van der Waals surface area (Å²) in [5.74, 6) is 0.141. The third kappa shape index (κ3) is 3.24. The Labute approximate surface area is 189 Å². The summed E-state index contributed by atoms with van der Waals surface area (Å²) in [5, 5.41) is 0. The Morgan fingerprint density at radius 2 is 1.33 bits per heavy atom. The average Bonchev–Trinajstić information content (AvgIpc) is 3.11. The number of ether oxygens (including phenoxy) is 4. The first kappa shape index (κ1) is 20.8. The van der Waals surface area contributed by atoms with Crippen molar-refractivity contribution in [1.29, 1.82) is 0 Å². The molecule has 7 nitrogen and oxygen atoms in total. The highest BCUT2D eigenvalue weighted by Crippen LogP contribution is 2.57. The minimum absolute atomic E-state index is 0.224. The second-order valence-corrected chi connectivity index (χ2v) is 7.69. The van der Waals surface area contributed by atoms with Gasteiger partial charge in [0.1, 0.15) is 23.0 Å². The maximum absolute atomic E-state index is 12.9. The molecule has 0 radical (unpaired) electrons. The van der Waals surface area contributed by atoms with Crippen LogP contribution in [0.5, 0.6) is 23.0 Å². The van der Waals surface area contributed by atoms with Crippen LogP contribution in [0, 0.1) is 0 Å². The van der Waals surface area contributed by atoms with Crippen molar-refractivity contribution in [3.8, 4) is 23.0 Å². The van der Waals surface area contributed by atoms with Gasteiger partial charge in [-0.15, -0.1) is 0 Å². The summed E-state index contributed by atoms with van der Waals surface area (Å²) in [6.07, 6.45) is 0.448. The molecule has 3 aromatic rings. The molecular formula is C26H20O7. The van der Waals surface area contributed by atoms with Crippen molar-refractivity contribution in [2.45, 2.75) is 32.3 Å². The maximum Gasteiger partial charge on any atom is 0.340 e. The van der Waals surface area contributed by atoms with E-state index in [4.69, 9.17) is 18.9 Å². The zero-order valence-corrected chi connectivity index (χ0v) is 18.0. The van der Waals surface area contributed by atoms with Crippen LogP contribution in [-0.2, 0) is 19.9 Å². The molecule has 0 atom stereocenters. The van der Waals surface area contributed by atoms with Crippen molar-refractivity contribution in [2.75, 3.05) is 0 Å². The molecule has 5 rings (SSSR count). The molecule has 0 N–H and O–H groups in total. The van der Waals surface area contributed by atoms with Gasteiger partial charge in [-0.2, -0.15) is 0 Å². The van der Waals surface area contributed by atoms with Crippen molar-refractivity contribution in [1.82, 2.24) is 0 Å². The third-order valence-electron chi connectivity index (χ3n) is 5.70. The van der Waals surface area contributed by atoms with Gasteiger partial charge in [-0.25, -0.2) is 4.79 Å². The van der Waals surface area contributed by atoms with Crippen LogP contribution in [0.3, 0.4) is 0 Å². The van der Waals surface area contributed by atoms with Crippen molar-refractivity contribution in [3.63, 3.8) is 0 Å². The van der Waals surface area contributed by atoms with Gasteiger partial charge in [0.2, 0.25) is 0 Å². The van der Waals surface area contributed by atoms with Crippen molar-refractivity contribution >= 4 is 17.9 Å². The van der Waals surface area contributed by atoms with E-state index in [0.29, 0.717) is 45.3 Å². The second-order valence-electron chi connectivity index (χ2n) is 7.69. The van der Waals surface area contributed by atoms with Gasteiger partial charge >= 0.3 is 17.9 Å². The molecular weight excluding hydrogens is 424 g/mol. The number of carbonyl (C=O) groups excluding carboxylic acids is 3. The predicted molar refractivity (Wildman–Crippen MR) is 117 cm³/mol. The molecule has 0 aliphatic carbocycles. The maximum atomic E-state index is 12.9. The lowest BCUT2D eigenvalue weighted by Crippen LogP contribution is -2.33. The van der Waals surface area contributed by atoms with Crippen molar-refractivity contribution in [2.24, 2.45) is 0 Å². The highest BCUT2D eigenvalue weighted by molar-refractivity contribution is 5.97. The molecule has 166 valence electrons. The molecule has 2 aliphatic rings. The lowest BCUT2D eigenvalue weighted by molar-refractivity contribution is -0.134. The third-order valence-corrected chi connectivity index (χ3v) is 5.70. The molecule has 2 aliphatic heterocycles. The molecule has 1 spiro atoms. The molecule has 0 saturated heterocycles. The number of hydrogen-bond donors (Lipinski definition) is 0. The van der Waals surface area contributed by atoms with Crippen molar-refractivity contribution < 1.29 is 33.3 Å². The first-order valence-electron chi connectivity index (χ1n) is 10.7. The van der Waals surface area contributed by atoms with Crippen LogP contribution in [-0.4, -0.2) is 17.9 Å². The topological polar surface area (TPSA) is 88.1 Å². The Morgan fingerprint density at radius 1 is 0.788 bits per heavy atom. The zero-order valence-electron chi connectivity index (χ0n) is 18.0. The van der Waals surface area contributed by atoms with E-state index in [-0.39, 0.29) is 24.8 Å². The number of fused-ring (bicyclic) bond motifs is 6. The van der Waals surface area contributed by atoms with E-state index in [2.05, 4.69) is 0 Å². The van der Waals surface area contributed by atoms with Gasteiger partial charge in [0.05, 0.1) is 5.56 Å². The summed E-state index contributed by atoms with van der Waals surface area (Å²) in [6, 6.07) is 17.1. The van der Waals surface area contributed by atoms with Crippen LogP contribution < -0.4 is 14.2 Å². The number of carbonyl (C=O) groups is 3. The largest absolute Gasteiger partial charge is 0.456 e. The first-order chi connectivity index (χ1) is 16.0. The minimum Gasteiger partial charge on any atom is -0.456 e. The summed E-state index contributed by atoms with van der Waals surface area (Å²) >= 11 is 0. The van der Waals surface area contributed by atoms with Gasteiger partial charge in [-0.05, 0) is 30.3 Å². The summed E-state index contributed by atoms with van der Waals surface area (Å²) in [4.78, 5) is 36.5. The SMILES string of the molecule is CCC(=O)Oc1ccc2c(c1)Oc1cc(OC(=O)CC)ccc1C21OC(=O)c2ccccc21. The summed E-state index contributed by atoms with van der Waals surface area (Å²) in [7, 11) is 0. The average molecular weight is 444 g/mol. The molecule has 0 saturated carbocycles. The lowest BCUT2D eigenvalue weighted by atomic mass is 9.77. The lowest BCUT2D eigenvalue weighted by Gasteiger charge is -2.36. The zero-order chi connectivity index (χ0) is 23.2. The Kier molecular flexibility index (Phi) is 4.89. The Hall–Kier alpha value is -4.13. The molecule has 33 heavy (non-hydrogen) atoms. The van der Waals surface area contributed by atoms with Crippen LogP contribution in [0.25, 0.3) is 0 Å². The van der Waals surface area contributed by atoms with Crippen LogP contribution >= 0.6 is 0 Å². The van der Waals surface area contributed by atoms with Crippen LogP contribution in [0.15, 0.2) is 60.7 Å². The first-order valence-corrected chi connectivity index (χ1v) is 10.7. The fourth-order valence-electron chi connectivity index (χ4n) is 4.17. The standard InChI is InChI=1S/C26H20O7/c1-3-23(27)30-15-9-11-19-21(13-15)32-22-14-16(31-24(28)4-2)10-12-20(22)26(19)18-8-6-5-7-17(18)25(29)33-26/h5-14H,3-4H2,1-2H3. The van der Waals surface area contributed by atoms with E-state index in [1.165, 1.54) is 0 Å². The van der Waals surface area contributed by atoms with E-state index in [9.17, 15) is 14.4 Å². The minimum atomic E-state index is -1.25. The van der Waals surface area contributed by atoms with Gasteiger partial charge in [0, 0.05) is 41.7 Å². The molecule has 0 aromatic heterocycles. The highest BCUT2D eigenvalue weighted by atomic mass is 16.6. The fourth-order valence-corrected chi connectivity index (χ4v) is 4.17. The molecule has 3 aromatic carbocycles. The Balaban J connectivity index is 1.71. The molecule has 0 fully saturated rings. The molecule has 0 bridgehead atoms. The Bertz CT molecular complexity index is 1240. The summed E-state index contributed by atoms with van der Waals surface area (Å²) in [5.41, 5.74) is 1.08.